The summed E-state index contributed by atoms with van der Waals surface area (Å²) >= 11 is 3.28. The number of nitrogens with two attached hydrogens (primary N) is 1. The monoisotopic (exact) mass is 351 g/mol. The van der Waals surface area contributed by atoms with Gasteiger partial charge < -0.3 is 16.0 Å². The van der Waals surface area contributed by atoms with Gasteiger partial charge in [0, 0.05) is 24.1 Å². The van der Waals surface area contributed by atoms with Crippen molar-refractivity contribution in [2.45, 2.75) is 0 Å². The molecular weight excluding hydrogens is 337 g/mol. The number of hydrogen-bond acceptors (Lipinski definition) is 3. The Morgan fingerprint density at radius 2 is 1.90 bits per heavy atom. The molecule has 0 atom stereocenters. The van der Waals surface area contributed by atoms with Crippen molar-refractivity contribution < 1.29 is 9.18 Å². The highest BCUT2D eigenvalue weighted by Crippen LogP contribution is 2.30. The van der Waals surface area contributed by atoms with E-state index in [9.17, 15) is 9.18 Å². The van der Waals surface area contributed by atoms with Crippen LogP contribution in [0.2, 0.25) is 0 Å². The topological polar surface area (TPSA) is 58.4 Å². The van der Waals surface area contributed by atoms with Crippen LogP contribution in [0, 0.1) is 5.82 Å². The molecule has 2 rings (SSSR count). The fourth-order valence-corrected chi connectivity index (χ4v) is 2.24. The molecule has 2 aromatic rings. The Morgan fingerprint density at radius 3 is 2.52 bits per heavy atom. The zero-order chi connectivity index (χ0) is 15.6. The Hall–Kier alpha value is -2.08. The summed E-state index contributed by atoms with van der Waals surface area (Å²) < 4.78 is 13.7. The largest absolute Gasteiger partial charge is 0.397 e. The molecule has 1 amide bonds. The molecule has 0 aromatic heterocycles. The van der Waals surface area contributed by atoms with Crippen LogP contribution in [0.5, 0.6) is 0 Å². The van der Waals surface area contributed by atoms with Crippen molar-refractivity contribution in [2.24, 2.45) is 0 Å². The maximum atomic E-state index is 13.1. The first-order valence-electron chi connectivity index (χ1n) is 6.21. The van der Waals surface area contributed by atoms with Crippen molar-refractivity contribution in [1.82, 2.24) is 4.90 Å². The zero-order valence-electron chi connectivity index (χ0n) is 11.7. The van der Waals surface area contributed by atoms with Gasteiger partial charge in [-0.05, 0) is 52.3 Å². The predicted molar refractivity (Wildman–Crippen MR) is 86.3 cm³/mol. The molecular formula is C15H15BrFN3O. The smallest absolute Gasteiger partial charge is 0.253 e. The van der Waals surface area contributed by atoms with Gasteiger partial charge in [0.15, 0.2) is 0 Å². The second-order valence-corrected chi connectivity index (χ2v) is 5.61. The van der Waals surface area contributed by atoms with Gasteiger partial charge in [0.25, 0.3) is 5.91 Å². The average molecular weight is 352 g/mol. The quantitative estimate of drug-likeness (QED) is 0.830. The third kappa shape index (κ3) is 3.52. The number of nitrogens with one attached hydrogen (secondary N) is 1. The van der Waals surface area contributed by atoms with Crippen LogP contribution in [0.25, 0.3) is 0 Å². The third-order valence-electron chi connectivity index (χ3n) is 2.91. The van der Waals surface area contributed by atoms with Crippen molar-refractivity contribution in [2.75, 3.05) is 25.1 Å². The molecule has 0 aliphatic carbocycles. The molecule has 0 radical (unpaired) electrons. The second-order valence-electron chi connectivity index (χ2n) is 4.75. The fraction of sp³-hybridized carbons (Fsp3) is 0.133. The van der Waals surface area contributed by atoms with Crippen molar-refractivity contribution >= 4 is 38.9 Å². The van der Waals surface area contributed by atoms with E-state index in [2.05, 4.69) is 21.2 Å². The number of hydrogen-bond donors (Lipinski definition) is 2. The number of nitrogen functional groups attached to an aromatic ring is 1. The number of carbonyl (C=O) groups excluding carboxylic acids is 1. The number of halogens is 2. The predicted octanol–water partition coefficient (Wildman–Crippen LogP) is 3.62. The Balaban J connectivity index is 2.35. The summed E-state index contributed by atoms with van der Waals surface area (Å²) in [5, 5.41) is 3.09. The van der Waals surface area contributed by atoms with Gasteiger partial charge in [-0.2, -0.15) is 0 Å². The Bertz CT molecular complexity index is 689. The first-order chi connectivity index (χ1) is 9.88. The first kappa shape index (κ1) is 15.3. The number of carbonyl (C=O) groups is 1. The second kappa shape index (κ2) is 6.13. The lowest BCUT2D eigenvalue weighted by atomic mass is 10.1. The molecule has 0 fully saturated rings. The highest BCUT2D eigenvalue weighted by atomic mass is 79.9. The SMILES string of the molecule is CN(C)C(=O)c1ccc(N)c(Nc2ccc(F)cc2Br)c1. The van der Waals surface area contributed by atoms with E-state index in [-0.39, 0.29) is 11.7 Å². The standard InChI is InChI=1S/C15H15BrFN3O/c1-20(2)15(21)9-3-5-12(18)14(7-9)19-13-6-4-10(17)8-11(13)16/h3-8,19H,18H2,1-2H3. The molecule has 0 aliphatic rings. The van der Waals surface area contributed by atoms with E-state index >= 15 is 0 Å². The summed E-state index contributed by atoms with van der Waals surface area (Å²) in [5.41, 5.74) is 8.20. The first-order valence-corrected chi connectivity index (χ1v) is 7.01. The van der Waals surface area contributed by atoms with Crippen LogP contribution in [0.4, 0.5) is 21.5 Å². The molecule has 6 heteroatoms. The normalized spacial score (nSPS) is 10.3. The van der Waals surface area contributed by atoms with E-state index in [1.165, 1.54) is 17.0 Å². The summed E-state index contributed by atoms with van der Waals surface area (Å²) in [4.78, 5) is 13.5. The summed E-state index contributed by atoms with van der Waals surface area (Å²) in [6.45, 7) is 0. The van der Waals surface area contributed by atoms with Gasteiger partial charge in [0.2, 0.25) is 0 Å². The molecule has 0 bridgehead atoms. The minimum Gasteiger partial charge on any atom is -0.397 e. The number of benzene rings is 2. The van der Waals surface area contributed by atoms with Gasteiger partial charge in [-0.15, -0.1) is 0 Å². The van der Waals surface area contributed by atoms with Crippen LogP contribution in [0.1, 0.15) is 10.4 Å². The van der Waals surface area contributed by atoms with Gasteiger partial charge in [0.05, 0.1) is 17.1 Å². The van der Waals surface area contributed by atoms with Crippen molar-refractivity contribution in [3.63, 3.8) is 0 Å². The van der Waals surface area contributed by atoms with Crippen molar-refractivity contribution in [3.05, 3.63) is 52.3 Å². The van der Waals surface area contributed by atoms with Crippen LogP contribution < -0.4 is 11.1 Å². The minimum atomic E-state index is -0.336. The number of amides is 1. The minimum absolute atomic E-state index is 0.115. The number of nitrogens with zero attached hydrogens (tertiary/aromatic N) is 1. The Kier molecular flexibility index (Phi) is 4.47. The lowest BCUT2D eigenvalue weighted by Gasteiger charge is -2.14. The fourth-order valence-electron chi connectivity index (χ4n) is 1.79. The van der Waals surface area contributed by atoms with Crippen molar-refractivity contribution in [3.8, 4) is 0 Å². The summed E-state index contributed by atoms with van der Waals surface area (Å²) in [7, 11) is 3.37. The summed E-state index contributed by atoms with van der Waals surface area (Å²) in [5.74, 6) is -0.451. The van der Waals surface area contributed by atoms with E-state index < -0.39 is 0 Å². The van der Waals surface area contributed by atoms with E-state index in [0.29, 0.717) is 27.1 Å². The van der Waals surface area contributed by atoms with Gasteiger partial charge in [-0.25, -0.2) is 4.39 Å². The van der Waals surface area contributed by atoms with Crippen molar-refractivity contribution in [1.29, 1.82) is 0 Å². The number of rotatable bonds is 3. The molecule has 0 spiro atoms. The molecule has 2 aromatic carbocycles. The maximum absolute atomic E-state index is 13.1. The Morgan fingerprint density at radius 1 is 1.19 bits per heavy atom. The van der Waals surface area contributed by atoms with Crippen LogP contribution in [-0.2, 0) is 0 Å². The molecule has 0 heterocycles. The molecule has 0 unspecified atom stereocenters. The zero-order valence-corrected chi connectivity index (χ0v) is 13.2. The van der Waals surface area contributed by atoms with Gasteiger partial charge in [0.1, 0.15) is 5.82 Å². The highest BCUT2D eigenvalue weighted by Gasteiger charge is 2.11. The lowest BCUT2D eigenvalue weighted by Crippen LogP contribution is -2.21. The molecule has 110 valence electrons. The third-order valence-corrected chi connectivity index (χ3v) is 3.56. The van der Waals surface area contributed by atoms with Gasteiger partial charge in [-0.1, -0.05) is 0 Å². The average Bonchev–Trinajstić information content (AvgIpc) is 2.43. The Labute approximate surface area is 130 Å². The molecule has 0 saturated heterocycles. The molecule has 21 heavy (non-hydrogen) atoms. The highest BCUT2D eigenvalue weighted by molar-refractivity contribution is 9.10. The summed E-state index contributed by atoms with van der Waals surface area (Å²) in [6, 6.07) is 9.30. The summed E-state index contributed by atoms with van der Waals surface area (Å²) in [6.07, 6.45) is 0. The van der Waals surface area contributed by atoms with Crippen LogP contribution in [0.15, 0.2) is 40.9 Å². The van der Waals surface area contributed by atoms with E-state index in [4.69, 9.17) is 5.73 Å². The number of anilines is 3. The molecule has 0 saturated carbocycles. The van der Waals surface area contributed by atoms with E-state index in [0.717, 1.165) is 0 Å². The lowest BCUT2D eigenvalue weighted by molar-refractivity contribution is 0.0827. The molecule has 0 aliphatic heterocycles. The molecule has 3 N–H and O–H groups in total. The maximum Gasteiger partial charge on any atom is 0.253 e. The van der Waals surface area contributed by atoms with Crippen LogP contribution >= 0.6 is 15.9 Å². The molecule has 4 nitrogen and oxygen atoms in total. The van der Waals surface area contributed by atoms with Crippen LogP contribution in [-0.4, -0.2) is 24.9 Å². The van der Waals surface area contributed by atoms with Crippen LogP contribution in [0.3, 0.4) is 0 Å². The van der Waals surface area contributed by atoms with Gasteiger partial charge >= 0.3 is 0 Å². The van der Waals surface area contributed by atoms with Gasteiger partial charge in [-0.3, -0.25) is 4.79 Å². The van der Waals surface area contributed by atoms with E-state index in [1.54, 1.807) is 38.4 Å². The van der Waals surface area contributed by atoms with E-state index in [1.807, 2.05) is 0 Å².